The lowest BCUT2D eigenvalue weighted by Gasteiger charge is -2.44. The van der Waals surface area contributed by atoms with Gasteiger partial charge in [0.15, 0.2) is 0 Å². The van der Waals surface area contributed by atoms with E-state index in [9.17, 15) is 14.7 Å². The molecule has 0 heterocycles. The largest absolute Gasteiger partial charge is 0.481 e. The zero-order chi connectivity index (χ0) is 28.8. The third-order valence-electron chi connectivity index (χ3n) is 9.24. The summed E-state index contributed by atoms with van der Waals surface area (Å²) >= 11 is 0. The lowest BCUT2D eigenvalue weighted by Crippen LogP contribution is -2.44. The Kier molecular flexibility index (Phi) is 22.1. The van der Waals surface area contributed by atoms with E-state index in [2.05, 4.69) is 41.5 Å². The molecule has 0 amide bonds. The number of rotatable bonds is 27. The van der Waals surface area contributed by atoms with Gasteiger partial charge in [-0.3, -0.25) is 9.59 Å². The van der Waals surface area contributed by atoms with Crippen molar-refractivity contribution in [2.75, 3.05) is 0 Å². The monoisotopic (exact) mass is 538 g/mol. The Bertz CT molecular complexity index is 567. The molecule has 0 aromatic heterocycles. The van der Waals surface area contributed by atoms with Crippen LogP contribution < -0.4 is 0 Å². The van der Waals surface area contributed by atoms with Crippen molar-refractivity contribution in [3.63, 3.8) is 0 Å². The molecule has 38 heavy (non-hydrogen) atoms. The lowest BCUT2D eigenvalue weighted by molar-refractivity contribution is -0.158. The molecule has 4 nitrogen and oxygen atoms in total. The van der Waals surface area contributed by atoms with Gasteiger partial charge in [0, 0.05) is 6.42 Å². The Balaban J connectivity index is 5.26. The van der Waals surface area contributed by atoms with Crippen LogP contribution in [0.1, 0.15) is 176 Å². The summed E-state index contributed by atoms with van der Waals surface area (Å²) in [5.74, 6) is 0.417. The molecule has 3 atom stereocenters. The maximum Gasteiger partial charge on any atom is 0.309 e. The highest BCUT2D eigenvalue weighted by molar-refractivity contribution is 5.75. The number of carboxylic acid groups (broad SMARTS) is 2. The molecular formula is C34H66O4. The predicted octanol–water partition coefficient (Wildman–Crippen LogP) is 10.9. The zero-order valence-electron chi connectivity index (χ0n) is 26.4. The minimum atomic E-state index is -0.686. The van der Waals surface area contributed by atoms with Gasteiger partial charge < -0.3 is 10.2 Å². The number of hydrogen-bond donors (Lipinski definition) is 2. The second-order valence-corrected chi connectivity index (χ2v) is 12.7. The van der Waals surface area contributed by atoms with Gasteiger partial charge in [-0.15, -0.1) is 0 Å². The molecule has 226 valence electrons. The highest BCUT2D eigenvalue weighted by atomic mass is 16.4. The van der Waals surface area contributed by atoms with Gasteiger partial charge in [-0.1, -0.05) is 144 Å². The van der Waals surface area contributed by atoms with Crippen molar-refractivity contribution >= 4 is 11.9 Å². The van der Waals surface area contributed by atoms with Gasteiger partial charge in [-0.05, 0) is 49.4 Å². The van der Waals surface area contributed by atoms with Gasteiger partial charge in [0.25, 0.3) is 0 Å². The first-order chi connectivity index (χ1) is 18.2. The Morgan fingerprint density at radius 1 is 0.605 bits per heavy atom. The third-order valence-corrected chi connectivity index (χ3v) is 9.24. The quantitative estimate of drug-likeness (QED) is 0.102. The van der Waals surface area contributed by atoms with Crippen molar-refractivity contribution in [2.24, 2.45) is 29.1 Å². The molecule has 0 fully saturated rings. The topological polar surface area (TPSA) is 74.6 Å². The Morgan fingerprint density at radius 2 is 1.03 bits per heavy atom. The van der Waals surface area contributed by atoms with E-state index in [-0.39, 0.29) is 5.92 Å². The average molecular weight is 539 g/mol. The fraction of sp³-hybridized carbons (Fsp3) is 0.941. The van der Waals surface area contributed by atoms with E-state index in [0.29, 0.717) is 24.2 Å². The molecule has 0 spiro atoms. The standard InChI is InChI=1S/C34H66O4/c1-7-11-22-29(9-3)26-34(33(37)38,27-30(10-4)23-12-8-2)31(28(5)6)24-20-18-16-14-13-15-17-19-21-25-32(35)36/h28-31H,7-27H2,1-6H3,(H,35,36)(H,37,38). The van der Waals surface area contributed by atoms with Crippen LogP contribution in [0.5, 0.6) is 0 Å². The fourth-order valence-electron chi connectivity index (χ4n) is 6.76. The molecule has 0 rings (SSSR count). The van der Waals surface area contributed by atoms with Crippen molar-refractivity contribution < 1.29 is 19.8 Å². The summed E-state index contributed by atoms with van der Waals surface area (Å²) in [5.41, 5.74) is -0.604. The number of carboxylic acids is 2. The zero-order valence-corrected chi connectivity index (χ0v) is 26.4. The number of hydrogen-bond acceptors (Lipinski definition) is 2. The molecule has 3 unspecified atom stereocenters. The molecule has 2 N–H and O–H groups in total. The molecule has 0 aromatic rings. The smallest absolute Gasteiger partial charge is 0.309 e. The maximum atomic E-state index is 13.3. The van der Waals surface area contributed by atoms with Crippen molar-refractivity contribution in [1.82, 2.24) is 0 Å². The van der Waals surface area contributed by atoms with E-state index < -0.39 is 17.4 Å². The minimum Gasteiger partial charge on any atom is -0.481 e. The molecule has 0 saturated heterocycles. The van der Waals surface area contributed by atoms with E-state index in [1.807, 2.05) is 0 Å². The Labute approximate surface area is 237 Å². The second kappa shape index (κ2) is 22.7. The first-order valence-corrected chi connectivity index (χ1v) is 16.6. The predicted molar refractivity (Wildman–Crippen MR) is 163 cm³/mol. The summed E-state index contributed by atoms with van der Waals surface area (Å²) in [6.45, 7) is 13.5. The van der Waals surface area contributed by atoms with Crippen LogP contribution in [0.15, 0.2) is 0 Å². The third kappa shape index (κ3) is 15.5. The Morgan fingerprint density at radius 3 is 1.37 bits per heavy atom. The highest BCUT2D eigenvalue weighted by Crippen LogP contribution is 2.49. The lowest BCUT2D eigenvalue weighted by atomic mass is 9.59. The molecule has 0 aromatic carbocycles. The summed E-state index contributed by atoms with van der Waals surface area (Å²) in [6, 6.07) is 0. The van der Waals surface area contributed by atoms with Crippen LogP contribution in [-0.2, 0) is 9.59 Å². The summed E-state index contributed by atoms with van der Waals surface area (Å²) in [5, 5.41) is 19.7. The highest BCUT2D eigenvalue weighted by Gasteiger charge is 2.48. The summed E-state index contributed by atoms with van der Waals surface area (Å²) in [4.78, 5) is 23.9. The van der Waals surface area contributed by atoms with Crippen LogP contribution in [-0.4, -0.2) is 22.2 Å². The molecule has 0 bridgehead atoms. The molecule has 0 radical (unpaired) electrons. The summed E-state index contributed by atoms with van der Waals surface area (Å²) in [7, 11) is 0. The van der Waals surface area contributed by atoms with Gasteiger partial charge in [-0.25, -0.2) is 0 Å². The van der Waals surface area contributed by atoms with Crippen molar-refractivity contribution in [2.45, 2.75) is 176 Å². The van der Waals surface area contributed by atoms with E-state index in [1.165, 1.54) is 57.8 Å². The van der Waals surface area contributed by atoms with Crippen molar-refractivity contribution in [3.8, 4) is 0 Å². The molecule has 0 aliphatic rings. The van der Waals surface area contributed by atoms with Crippen LogP contribution in [0.2, 0.25) is 0 Å². The van der Waals surface area contributed by atoms with E-state index in [4.69, 9.17) is 5.11 Å². The molecule has 0 aliphatic heterocycles. The number of carbonyl (C=O) groups is 2. The second-order valence-electron chi connectivity index (χ2n) is 12.7. The van der Waals surface area contributed by atoms with Gasteiger partial charge in [0.2, 0.25) is 0 Å². The van der Waals surface area contributed by atoms with Crippen molar-refractivity contribution in [3.05, 3.63) is 0 Å². The summed E-state index contributed by atoms with van der Waals surface area (Å²) in [6.07, 6.45) is 22.5. The van der Waals surface area contributed by atoms with Gasteiger partial charge >= 0.3 is 11.9 Å². The minimum absolute atomic E-state index is 0.237. The number of aliphatic carboxylic acids is 2. The normalized spacial score (nSPS) is 15.8. The van der Waals surface area contributed by atoms with Gasteiger partial charge in [-0.2, -0.15) is 0 Å². The molecular weight excluding hydrogens is 472 g/mol. The van der Waals surface area contributed by atoms with Gasteiger partial charge in [0.05, 0.1) is 5.41 Å². The Hall–Kier alpha value is -1.06. The molecule has 0 saturated carbocycles. The van der Waals surface area contributed by atoms with Crippen LogP contribution in [0.4, 0.5) is 0 Å². The fourth-order valence-corrected chi connectivity index (χ4v) is 6.76. The summed E-state index contributed by atoms with van der Waals surface area (Å²) < 4.78 is 0. The first kappa shape index (κ1) is 36.9. The SMILES string of the molecule is CCCCC(CC)CC(CC(CC)CCCC)(C(=O)O)C(CCCCCCCCCCCC(=O)O)C(C)C. The maximum absolute atomic E-state index is 13.3. The van der Waals surface area contributed by atoms with Gasteiger partial charge in [0.1, 0.15) is 0 Å². The van der Waals surface area contributed by atoms with Crippen LogP contribution >= 0.6 is 0 Å². The van der Waals surface area contributed by atoms with Crippen LogP contribution in [0.3, 0.4) is 0 Å². The number of unbranched alkanes of at least 4 members (excludes halogenated alkanes) is 10. The average Bonchev–Trinajstić information content (AvgIpc) is 2.88. The molecule has 4 heteroatoms. The van der Waals surface area contributed by atoms with E-state index in [0.717, 1.165) is 70.6 Å². The first-order valence-electron chi connectivity index (χ1n) is 16.6. The van der Waals surface area contributed by atoms with Crippen molar-refractivity contribution in [1.29, 1.82) is 0 Å². The van der Waals surface area contributed by atoms with E-state index in [1.54, 1.807) is 0 Å². The van der Waals surface area contributed by atoms with Crippen LogP contribution in [0.25, 0.3) is 0 Å². The molecule has 0 aliphatic carbocycles. The van der Waals surface area contributed by atoms with Crippen LogP contribution in [0, 0.1) is 29.1 Å². The van der Waals surface area contributed by atoms with E-state index >= 15 is 0 Å².